The van der Waals surface area contributed by atoms with Crippen molar-refractivity contribution in [3.8, 4) is 5.69 Å². The van der Waals surface area contributed by atoms with E-state index in [0.717, 1.165) is 29.8 Å². The molecule has 2 bridgehead atoms. The molecule has 0 unspecified atom stereocenters. The lowest BCUT2D eigenvalue weighted by Crippen LogP contribution is -2.33. The van der Waals surface area contributed by atoms with Gasteiger partial charge >= 0.3 is 0 Å². The Balaban J connectivity index is 1.62. The Labute approximate surface area is 180 Å². The largest absolute Gasteiger partial charge is 0.320 e. The van der Waals surface area contributed by atoms with Crippen LogP contribution in [0, 0.1) is 15.5 Å². The second-order valence-corrected chi connectivity index (χ2v) is 9.26. The highest BCUT2D eigenvalue weighted by Gasteiger charge is 2.63. The molecular weight excluding hydrogens is 392 g/mol. The number of non-ortho nitro benzene ring substituents is 1. The van der Waals surface area contributed by atoms with Crippen LogP contribution in [0.5, 0.6) is 0 Å². The van der Waals surface area contributed by atoms with E-state index in [2.05, 4.69) is 26.1 Å². The van der Waals surface area contributed by atoms with Crippen LogP contribution >= 0.6 is 0 Å². The Morgan fingerprint density at radius 2 is 1.90 bits per heavy atom. The number of nitro benzene ring substituents is 1. The van der Waals surface area contributed by atoms with Crippen molar-refractivity contribution in [3.05, 3.63) is 81.7 Å². The predicted molar refractivity (Wildman–Crippen MR) is 118 cm³/mol. The maximum absolute atomic E-state index is 13.3. The molecule has 2 aromatic carbocycles. The van der Waals surface area contributed by atoms with Crippen LogP contribution in [0.4, 0.5) is 11.4 Å². The lowest BCUT2D eigenvalue weighted by molar-refractivity contribution is -0.384. The van der Waals surface area contributed by atoms with Crippen LogP contribution < -0.4 is 5.32 Å². The van der Waals surface area contributed by atoms with Crippen molar-refractivity contribution in [1.29, 1.82) is 0 Å². The van der Waals surface area contributed by atoms with Crippen molar-refractivity contribution < 1.29 is 9.72 Å². The number of hydrogen-bond donors (Lipinski definition) is 1. The number of nitrogens with one attached hydrogen (secondary N) is 1. The first-order valence-electron chi connectivity index (χ1n) is 10.5. The van der Waals surface area contributed by atoms with E-state index >= 15 is 0 Å². The van der Waals surface area contributed by atoms with Gasteiger partial charge in [0, 0.05) is 28.8 Å². The number of carbonyl (C=O) groups is 1. The second-order valence-electron chi connectivity index (χ2n) is 9.26. The van der Waals surface area contributed by atoms with Gasteiger partial charge in [-0.1, -0.05) is 45.0 Å². The van der Waals surface area contributed by atoms with Gasteiger partial charge in [0.25, 0.3) is 11.6 Å². The summed E-state index contributed by atoms with van der Waals surface area (Å²) >= 11 is 0. The minimum atomic E-state index is -0.472. The number of benzene rings is 2. The molecule has 2 aliphatic carbocycles. The first-order valence-corrected chi connectivity index (χ1v) is 10.5. The number of fused-ring (bicyclic) bond motifs is 5. The van der Waals surface area contributed by atoms with E-state index in [0.29, 0.717) is 11.4 Å². The van der Waals surface area contributed by atoms with Gasteiger partial charge in [0.2, 0.25) is 0 Å². The van der Waals surface area contributed by atoms with Crippen LogP contribution in [0.25, 0.3) is 5.69 Å². The summed E-state index contributed by atoms with van der Waals surface area (Å²) in [5.41, 5.74) is 3.72. The quantitative estimate of drug-likeness (QED) is 0.467. The van der Waals surface area contributed by atoms with Gasteiger partial charge in [0.15, 0.2) is 5.69 Å². The number of nitrogens with zero attached hydrogens (tertiary/aromatic N) is 3. The molecule has 1 amide bonds. The van der Waals surface area contributed by atoms with Crippen molar-refractivity contribution >= 4 is 17.3 Å². The number of carbonyl (C=O) groups excluding carboxylic acids is 1. The average molecular weight is 416 g/mol. The molecule has 2 atom stereocenters. The van der Waals surface area contributed by atoms with Crippen molar-refractivity contribution in [2.45, 2.75) is 44.9 Å². The lowest BCUT2D eigenvalue weighted by atomic mass is 9.70. The van der Waals surface area contributed by atoms with Crippen LogP contribution in [0.3, 0.4) is 0 Å². The molecule has 2 aliphatic rings. The Morgan fingerprint density at radius 3 is 2.61 bits per heavy atom. The summed E-state index contributed by atoms with van der Waals surface area (Å²) in [7, 11) is 0. The number of aromatic nitrogens is 2. The molecule has 0 spiro atoms. The maximum Gasteiger partial charge on any atom is 0.276 e. The highest BCUT2D eigenvalue weighted by molar-refractivity contribution is 6.04. The molecule has 7 heteroatoms. The van der Waals surface area contributed by atoms with Crippen molar-refractivity contribution in [2.24, 2.45) is 5.41 Å². The minimum Gasteiger partial charge on any atom is -0.320 e. The third kappa shape index (κ3) is 2.65. The Hall–Kier alpha value is -3.48. The Bertz CT molecular complexity index is 1210. The second kappa shape index (κ2) is 6.51. The zero-order valence-corrected chi connectivity index (χ0v) is 17.8. The summed E-state index contributed by atoms with van der Waals surface area (Å²) in [6.45, 7) is 6.84. The molecule has 158 valence electrons. The summed E-state index contributed by atoms with van der Waals surface area (Å²) in [6.07, 6.45) is 2.08. The van der Waals surface area contributed by atoms with Crippen LogP contribution in [0.1, 0.15) is 61.3 Å². The van der Waals surface area contributed by atoms with E-state index < -0.39 is 4.92 Å². The monoisotopic (exact) mass is 416 g/mol. The molecule has 1 heterocycles. The number of amides is 1. The fourth-order valence-electron chi connectivity index (χ4n) is 5.53. The maximum atomic E-state index is 13.3. The van der Waals surface area contributed by atoms with Gasteiger partial charge in [-0.25, -0.2) is 4.68 Å². The normalized spacial score (nSPS) is 22.9. The summed E-state index contributed by atoms with van der Waals surface area (Å²) in [6, 6.07) is 15.9. The van der Waals surface area contributed by atoms with Crippen LogP contribution in [0.2, 0.25) is 0 Å². The third-order valence-corrected chi connectivity index (χ3v) is 7.55. The fourth-order valence-corrected chi connectivity index (χ4v) is 5.53. The van der Waals surface area contributed by atoms with Crippen LogP contribution in [0.15, 0.2) is 54.6 Å². The molecule has 1 fully saturated rings. The van der Waals surface area contributed by atoms with E-state index in [1.807, 2.05) is 35.0 Å². The van der Waals surface area contributed by atoms with Gasteiger partial charge in [-0.3, -0.25) is 14.9 Å². The van der Waals surface area contributed by atoms with Crippen molar-refractivity contribution in [2.75, 3.05) is 5.32 Å². The zero-order valence-electron chi connectivity index (χ0n) is 17.8. The van der Waals surface area contributed by atoms with E-state index in [4.69, 9.17) is 5.10 Å². The van der Waals surface area contributed by atoms with Gasteiger partial charge < -0.3 is 5.32 Å². The number of nitro groups is 1. The molecule has 7 nitrogen and oxygen atoms in total. The summed E-state index contributed by atoms with van der Waals surface area (Å²) < 4.78 is 1.93. The molecule has 3 aromatic rings. The molecule has 0 aliphatic heterocycles. The summed E-state index contributed by atoms with van der Waals surface area (Å²) in [5.74, 6) is -0.0887. The van der Waals surface area contributed by atoms with E-state index in [1.54, 1.807) is 12.1 Å². The van der Waals surface area contributed by atoms with E-state index in [9.17, 15) is 14.9 Å². The molecule has 1 aromatic heterocycles. The molecule has 31 heavy (non-hydrogen) atoms. The zero-order chi connectivity index (χ0) is 22.0. The lowest BCUT2D eigenvalue weighted by Gasteiger charge is -2.35. The number of para-hydroxylation sites is 1. The van der Waals surface area contributed by atoms with Gasteiger partial charge in [-0.05, 0) is 42.4 Å². The van der Waals surface area contributed by atoms with E-state index in [1.165, 1.54) is 12.1 Å². The number of hydrogen-bond acceptors (Lipinski definition) is 4. The van der Waals surface area contributed by atoms with Crippen molar-refractivity contribution in [1.82, 2.24) is 9.78 Å². The first kappa shape index (κ1) is 19.5. The SMILES string of the molecule is CC1(C)[C@@H]2CC[C@]1(C)c1c2c(C(=O)Nc2cccc([N+](=O)[O-])c2)nn1-c1ccccc1. The molecule has 0 radical (unpaired) electrons. The molecule has 1 saturated carbocycles. The standard InChI is InChI=1S/C24H24N4O3/c1-23(2)18-12-13-24(23,3)21-19(18)20(26-27(21)16-9-5-4-6-10-16)22(29)25-15-8-7-11-17(14-15)28(30)31/h4-11,14,18H,12-13H2,1-3H3,(H,25,29)/t18-,24-/m1/s1. The van der Waals surface area contributed by atoms with Crippen LogP contribution in [-0.4, -0.2) is 20.6 Å². The molecule has 5 rings (SSSR count). The smallest absolute Gasteiger partial charge is 0.276 e. The van der Waals surface area contributed by atoms with E-state index in [-0.39, 0.29) is 28.3 Å². The van der Waals surface area contributed by atoms with Crippen molar-refractivity contribution in [3.63, 3.8) is 0 Å². The highest BCUT2D eigenvalue weighted by Crippen LogP contribution is 2.68. The summed E-state index contributed by atoms with van der Waals surface area (Å²) in [4.78, 5) is 24.0. The topological polar surface area (TPSA) is 90.1 Å². The predicted octanol–water partition coefficient (Wildman–Crippen LogP) is 5.21. The van der Waals surface area contributed by atoms with Gasteiger partial charge in [0.05, 0.1) is 16.3 Å². The molecular formula is C24H24N4O3. The number of anilines is 1. The molecule has 0 saturated heterocycles. The molecule has 1 N–H and O–H groups in total. The average Bonchev–Trinajstić information content (AvgIpc) is 3.31. The van der Waals surface area contributed by atoms with Gasteiger partial charge in [-0.15, -0.1) is 0 Å². The van der Waals surface area contributed by atoms with Gasteiger partial charge in [-0.2, -0.15) is 5.10 Å². The fraction of sp³-hybridized carbons (Fsp3) is 0.333. The van der Waals surface area contributed by atoms with Crippen LogP contribution in [-0.2, 0) is 5.41 Å². The Kier molecular flexibility index (Phi) is 4.09. The highest BCUT2D eigenvalue weighted by atomic mass is 16.6. The number of rotatable bonds is 4. The Morgan fingerprint density at radius 1 is 1.16 bits per heavy atom. The third-order valence-electron chi connectivity index (χ3n) is 7.55. The summed E-state index contributed by atoms with van der Waals surface area (Å²) in [5, 5.41) is 18.7. The minimum absolute atomic E-state index is 0.0116. The first-order chi connectivity index (χ1) is 14.7. The van der Waals surface area contributed by atoms with Gasteiger partial charge in [0.1, 0.15) is 0 Å².